The van der Waals surface area contributed by atoms with Crippen molar-refractivity contribution in [3.8, 4) is 0 Å². The van der Waals surface area contributed by atoms with Crippen LogP contribution in [0.15, 0.2) is 42.6 Å². The normalized spacial score (nSPS) is 12.3. The number of aryl methyl sites for hydroxylation is 3. The largest absolute Gasteiger partial charge is 0.346 e. The number of pyridine rings is 1. The zero-order valence-corrected chi connectivity index (χ0v) is 14.3. The summed E-state index contributed by atoms with van der Waals surface area (Å²) in [6, 6.07) is 11.9. The molecule has 0 aliphatic carbocycles. The number of rotatable bonds is 5. The Balaban J connectivity index is 1.62. The third kappa shape index (κ3) is 3.45. The predicted octanol–water partition coefficient (Wildman–Crippen LogP) is 3.16. The van der Waals surface area contributed by atoms with Crippen LogP contribution in [0.3, 0.4) is 0 Å². The van der Waals surface area contributed by atoms with Gasteiger partial charge >= 0.3 is 0 Å². The molecule has 124 valence electrons. The number of benzene rings is 1. The highest BCUT2D eigenvalue weighted by Crippen LogP contribution is 2.14. The van der Waals surface area contributed by atoms with E-state index in [2.05, 4.69) is 47.6 Å². The maximum Gasteiger partial charge on any atom is 0.220 e. The first-order chi connectivity index (χ1) is 11.5. The van der Waals surface area contributed by atoms with Crippen LogP contribution in [0.4, 0.5) is 0 Å². The molecule has 1 amide bonds. The molecule has 0 spiro atoms. The smallest absolute Gasteiger partial charge is 0.220 e. The first-order valence-corrected chi connectivity index (χ1v) is 8.20. The monoisotopic (exact) mass is 322 g/mol. The first kappa shape index (κ1) is 16.2. The van der Waals surface area contributed by atoms with Crippen LogP contribution in [0.25, 0.3) is 5.65 Å². The second kappa shape index (κ2) is 6.83. The number of aromatic nitrogens is 3. The van der Waals surface area contributed by atoms with Crippen LogP contribution in [-0.4, -0.2) is 20.5 Å². The molecule has 24 heavy (non-hydrogen) atoms. The van der Waals surface area contributed by atoms with Gasteiger partial charge < -0.3 is 5.32 Å². The molecule has 3 aromatic rings. The molecule has 0 fully saturated rings. The van der Waals surface area contributed by atoms with E-state index in [0.717, 1.165) is 17.9 Å². The number of nitrogens with zero attached hydrogens (tertiary/aromatic N) is 3. The maximum atomic E-state index is 12.3. The van der Waals surface area contributed by atoms with Crippen molar-refractivity contribution in [2.24, 2.45) is 0 Å². The molecule has 5 heteroatoms. The quantitative estimate of drug-likeness (QED) is 0.785. The number of fused-ring (bicyclic) bond motifs is 1. The Labute approximate surface area is 141 Å². The van der Waals surface area contributed by atoms with E-state index < -0.39 is 0 Å². The van der Waals surface area contributed by atoms with Gasteiger partial charge in [0.25, 0.3) is 0 Å². The molecular formula is C19H22N4O. The van der Waals surface area contributed by atoms with Crippen LogP contribution in [0, 0.1) is 13.8 Å². The number of nitrogens with one attached hydrogen (secondary N) is 1. The lowest BCUT2D eigenvalue weighted by atomic mass is 10.0. The lowest BCUT2D eigenvalue weighted by molar-refractivity contribution is -0.121. The Morgan fingerprint density at radius 1 is 1.21 bits per heavy atom. The average molecular weight is 322 g/mol. The Kier molecular flexibility index (Phi) is 4.60. The second-order valence-corrected chi connectivity index (χ2v) is 6.21. The van der Waals surface area contributed by atoms with Gasteiger partial charge in [-0.3, -0.25) is 9.20 Å². The number of carbonyl (C=O) groups excluding carboxylic acids is 1. The zero-order valence-electron chi connectivity index (χ0n) is 14.3. The van der Waals surface area contributed by atoms with Gasteiger partial charge in [0.1, 0.15) is 0 Å². The molecule has 2 heterocycles. The van der Waals surface area contributed by atoms with Gasteiger partial charge in [-0.2, -0.15) is 0 Å². The van der Waals surface area contributed by atoms with Crippen LogP contribution in [0.2, 0.25) is 0 Å². The molecule has 0 radical (unpaired) electrons. The van der Waals surface area contributed by atoms with E-state index in [-0.39, 0.29) is 11.9 Å². The Bertz CT molecular complexity index is 869. The predicted molar refractivity (Wildman–Crippen MR) is 93.8 cm³/mol. The Morgan fingerprint density at radius 2 is 2.04 bits per heavy atom. The fraction of sp³-hybridized carbons (Fsp3) is 0.316. The second-order valence-electron chi connectivity index (χ2n) is 6.21. The maximum absolute atomic E-state index is 12.3. The minimum atomic E-state index is -0.186. The van der Waals surface area contributed by atoms with Gasteiger partial charge in [-0.1, -0.05) is 29.8 Å². The standard InChI is InChI=1S/C19H22N4O/c1-13-7-8-16(14(2)12-13)9-10-18(24)20-15(3)19-22-21-17-6-4-5-11-23(17)19/h4-8,11-12,15H,9-10H2,1-3H3,(H,20,24). The van der Waals surface area contributed by atoms with E-state index >= 15 is 0 Å². The van der Waals surface area contributed by atoms with E-state index in [0.29, 0.717) is 6.42 Å². The summed E-state index contributed by atoms with van der Waals surface area (Å²) in [4.78, 5) is 12.3. The van der Waals surface area contributed by atoms with Crippen molar-refractivity contribution < 1.29 is 4.79 Å². The average Bonchev–Trinajstić information content (AvgIpc) is 2.98. The summed E-state index contributed by atoms with van der Waals surface area (Å²) >= 11 is 0. The Morgan fingerprint density at radius 3 is 2.83 bits per heavy atom. The summed E-state index contributed by atoms with van der Waals surface area (Å²) < 4.78 is 1.90. The molecule has 0 aliphatic heterocycles. The molecule has 1 atom stereocenters. The summed E-state index contributed by atoms with van der Waals surface area (Å²) in [6.07, 6.45) is 3.11. The van der Waals surface area contributed by atoms with Crippen molar-refractivity contribution in [3.05, 3.63) is 65.1 Å². The lowest BCUT2D eigenvalue weighted by Crippen LogP contribution is -2.28. The van der Waals surface area contributed by atoms with Crippen molar-refractivity contribution in [2.75, 3.05) is 0 Å². The molecule has 3 rings (SSSR count). The van der Waals surface area contributed by atoms with E-state index in [1.165, 1.54) is 16.7 Å². The SMILES string of the molecule is Cc1ccc(CCC(=O)NC(C)c2nnc3ccccn23)c(C)c1. The van der Waals surface area contributed by atoms with Crippen LogP contribution in [0.5, 0.6) is 0 Å². The third-order valence-electron chi connectivity index (χ3n) is 4.22. The fourth-order valence-electron chi connectivity index (χ4n) is 2.91. The number of hydrogen-bond acceptors (Lipinski definition) is 3. The molecule has 1 aromatic carbocycles. The van der Waals surface area contributed by atoms with Gasteiger partial charge in [0.05, 0.1) is 6.04 Å². The van der Waals surface area contributed by atoms with Crippen molar-refractivity contribution in [3.63, 3.8) is 0 Å². The minimum Gasteiger partial charge on any atom is -0.346 e. The lowest BCUT2D eigenvalue weighted by Gasteiger charge is -2.13. The van der Waals surface area contributed by atoms with E-state index in [1.54, 1.807) is 0 Å². The molecule has 1 N–H and O–H groups in total. The summed E-state index contributed by atoms with van der Waals surface area (Å²) in [7, 11) is 0. The molecule has 0 saturated carbocycles. The summed E-state index contributed by atoms with van der Waals surface area (Å²) in [5, 5.41) is 11.3. The van der Waals surface area contributed by atoms with Crippen LogP contribution in [-0.2, 0) is 11.2 Å². The highest BCUT2D eigenvalue weighted by molar-refractivity contribution is 5.76. The molecule has 5 nitrogen and oxygen atoms in total. The van der Waals surface area contributed by atoms with Crippen LogP contribution < -0.4 is 5.32 Å². The number of hydrogen-bond donors (Lipinski definition) is 1. The first-order valence-electron chi connectivity index (χ1n) is 8.20. The molecule has 2 aromatic heterocycles. The van der Waals surface area contributed by atoms with Gasteiger partial charge in [0.15, 0.2) is 11.5 Å². The van der Waals surface area contributed by atoms with Crippen molar-refractivity contribution in [1.82, 2.24) is 19.9 Å². The van der Waals surface area contributed by atoms with Gasteiger partial charge in [-0.25, -0.2) is 0 Å². The topological polar surface area (TPSA) is 59.3 Å². The van der Waals surface area contributed by atoms with Crippen molar-refractivity contribution >= 4 is 11.6 Å². The molecule has 1 unspecified atom stereocenters. The molecule has 0 bridgehead atoms. The van der Waals surface area contributed by atoms with Gasteiger partial charge in [-0.05, 0) is 50.5 Å². The van der Waals surface area contributed by atoms with E-state index in [1.807, 2.05) is 35.7 Å². The minimum absolute atomic E-state index is 0.0233. The van der Waals surface area contributed by atoms with E-state index in [9.17, 15) is 4.79 Å². The highest BCUT2D eigenvalue weighted by Gasteiger charge is 2.15. The molecule has 0 aliphatic rings. The molecular weight excluding hydrogens is 300 g/mol. The van der Waals surface area contributed by atoms with Crippen molar-refractivity contribution in [1.29, 1.82) is 0 Å². The van der Waals surface area contributed by atoms with Gasteiger partial charge in [0, 0.05) is 12.6 Å². The van der Waals surface area contributed by atoms with Crippen LogP contribution in [0.1, 0.15) is 41.9 Å². The fourth-order valence-corrected chi connectivity index (χ4v) is 2.91. The van der Waals surface area contributed by atoms with Gasteiger partial charge in [-0.15, -0.1) is 10.2 Å². The van der Waals surface area contributed by atoms with Crippen LogP contribution >= 0.6 is 0 Å². The van der Waals surface area contributed by atoms with E-state index in [4.69, 9.17) is 0 Å². The third-order valence-corrected chi connectivity index (χ3v) is 4.22. The van der Waals surface area contributed by atoms with Gasteiger partial charge in [0.2, 0.25) is 5.91 Å². The molecule has 0 saturated heterocycles. The zero-order chi connectivity index (χ0) is 17.1. The number of carbonyl (C=O) groups is 1. The summed E-state index contributed by atoms with van der Waals surface area (Å²) in [6.45, 7) is 6.09. The summed E-state index contributed by atoms with van der Waals surface area (Å²) in [5.74, 6) is 0.764. The number of amides is 1. The highest BCUT2D eigenvalue weighted by atomic mass is 16.1. The summed E-state index contributed by atoms with van der Waals surface area (Å²) in [5.41, 5.74) is 4.48. The Hall–Kier alpha value is -2.69. The van der Waals surface area contributed by atoms with Crippen molar-refractivity contribution in [2.45, 2.75) is 39.7 Å².